The molecule has 0 saturated heterocycles. The number of phenolic OH excluding ortho intramolecular Hbond substituents is 2. The standard InChI is InChI=1S/C23H16Cl2O4/c1-29-21-11-17-13(9-20(21)27)8-18(23(28)12-2-5-15(26)6-3-12)22(17)16-7-4-14(24)10-19(16)25/h2-7,9-11,26-27H,8H2,1H3. The highest BCUT2D eigenvalue weighted by molar-refractivity contribution is 6.36. The largest absolute Gasteiger partial charge is 0.508 e. The fourth-order valence-electron chi connectivity index (χ4n) is 3.58. The lowest BCUT2D eigenvalue weighted by Gasteiger charge is -2.13. The first-order valence-electron chi connectivity index (χ1n) is 8.81. The van der Waals surface area contributed by atoms with E-state index < -0.39 is 0 Å². The van der Waals surface area contributed by atoms with E-state index >= 15 is 0 Å². The second kappa shape index (κ2) is 7.47. The van der Waals surface area contributed by atoms with E-state index in [2.05, 4.69) is 0 Å². The topological polar surface area (TPSA) is 66.8 Å². The van der Waals surface area contributed by atoms with Gasteiger partial charge in [-0.2, -0.15) is 0 Å². The number of carbonyl (C=O) groups is 1. The Bertz CT molecular complexity index is 1160. The molecule has 3 aromatic rings. The molecule has 0 fully saturated rings. The van der Waals surface area contributed by atoms with Crippen LogP contribution in [0, 0.1) is 0 Å². The van der Waals surface area contributed by atoms with E-state index in [4.69, 9.17) is 27.9 Å². The van der Waals surface area contributed by atoms with E-state index in [-0.39, 0.29) is 17.3 Å². The van der Waals surface area contributed by atoms with Gasteiger partial charge >= 0.3 is 0 Å². The second-order valence-corrected chi connectivity index (χ2v) is 7.56. The van der Waals surface area contributed by atoms with Gasteiger partial charge in [-0.05, 0) is 65.2 Å². The van der Waals surface area contributed by atoms with E-state index in [9.17, 15) is 15.0 Å². The highest BCUT2D eigenvalue weighted by atomic mass is 35.5. The Morgan fingerprint density at radius 1 is 0.966 bits per heavy atom. The van der Waals surface area contributed by atoms with Gasteiger partial charge in [0.25, 0.3) is 0 Å². The number of hydrogen-bond donors (Lipinski definition) is 2. The molecule has 1 aliphatic rings. The average Bonchev–Trinajstić information content (AvgIpc) is 3.05. The van der Waals surface area contributed by atoms with Crippen molar-refractivity contribution >= 4 is 34.6 Å². The van der Waals surface area contributed by atoms with Crippen LogP contribution in [-0.4, -0.2) is 23.1 Å². The normalized spacial score (nSPS) is 12.8. The quantitative estimate of drug-likeness (QED) is 0.528. The Morgan fingerprint density at radius 3 is 2.34 bits per heavy atom. The molecule has 0 atom stereocenters. The van der Waals surface area contributed by atoms with Crippen LogP contribution in [-0.2, 0) is 6.42 Å². The lowest BCUT2D eigenvalue weighted by Crippen LogP contribution is -2.05. The van der Waals surface area contributed by atoms with Gasteiger partial charge in [0.2, 0.25) is 0 Å². The SMILES string of the molecule is COc1cc2c(cc1O)CC(C(=O)c1ccc(O)cc1)=C2c1ccc(Cl)cc1Cl. The summed E-state index contributed by atoms with van der Waals surface area (Å²) in [6.07, 6.45) is 0.334. The summed E-state index contributed by atoms with van der Waals surface area (Å²) in [5, 5.41) is 20.6. The van der Waals surface area contributed by atoms with E-state index in [0.717, 1.165) is 11.1 Å². The van der Waals surface area contributed by atoms with Crippen molar-refractivity contribution in [2.24, 2.45) is 0 Å². The number of fused-ring (bicyclic) bond motifs is 1. The van der Waals surface area contributed by atoms with Gasteiger partial charge < -0.3 is 14.9 Å². The minimum absolute atomic E-state index is 0.00568. The van der Waals surface area contributed by atoms with Gasteiger partial charge in [-0.25, -0.2) is 0 Å². The minimum atomic E-state index is -0.180. The fourth-order valence-corrected chi connectivity index (χ4v) is 4.08. The molecule has 6 heteroatoms. The summed E-state index contributed by atoms with van der Waals surface area (Å²) >= 11 is 12.5. The molecule has 0 aromatic heterocycles. The minimum Gasteiger partial charge on any atom is -0.508 e. The Hall–Kier alpha value is -2.95. The molecule has 3 aromatic carbocycles. The Morgan fingerprint density at radius 2 is 1.69 bits per heavy atom. The van der Waals surface area contributed by atoms with Crippen molar-refractivity contribution < 1.29 is 19.7 Å². The van der Waals surface area contributed by atoms with E-state index in [1.54, 1.807) is 42.5 Å². The maximum atomic E-state index is 13.3. The molecule has 0 amide bonds. The Kier molecular flexibility index (Phi) is 4.99. The zero-order valence-electron chi connectivity index (χ0n) is 15.4. The molecule has 0 spiro atoms. The van der Waals surface area contributed by atoms with Crippen molar-refractivity contribution in [1.29, 1.82) is 0 Å². The van der Waals surface area contributed by atoms with Crippen molar-refractivity contribution in [2.75, 3.05) is 7.11 Å². The highest BCUT2D eigenvalue weighted by Crippen LogP contribution is 2.45. The maximum absolute atomic E-state index is 13.3. The summed E-state index contributed by atoms with van der Waals surface area (Å²) < 4.78 is 5.26. The molecule has 0 heterocycles. The maximum Gasteiger partial charge on any atom is 0.189 e. The molecule has 0 aliphatic heterocycles. The first kappa shape index (κ1) is 19.4. The summed E-state index contributed by atoms with van der Waals surface area (Å²) in [4.78, 5) is 13.3. The van der Waals surface area contributed by atoms with Gasteiger partial charge in [-0.15, -0.1) is 0 Å². The van der Waals surface area contributed by atoms with Crippen LogP contribution in [0.3, 0.4) is 0 Å². The number of carbonyl (C=O) groups excluding carboxylic acids is 1. The van der Waals surface area contributed by atoms with Gasteiger partial charge in [0.05, 0.1) is 7.11 Å². The van der Waals surface area contributed by atoms with Crippen LogP contribution in [0.1, 0.15) is 27.0 Å². The number of ketones is 1. The summed E-state index contributed by atoms with van der Waals surface area (Å²) in [7, 11) is 1.47. The van der Waals surface area contributed by atoms with Crippen molar-refractivity contribution in [1.82, 2.24) is 0 Å². The fraction of sp³-hybridized carbons (Fsp3) is 0.0870. The number of rotatable bonds is 4. The molecule has 0 radical (unpaired) electrons. The first-order chi connectivity index (χ1) is 13.9. The van der Waals surface area contributed by atoms with Gasteiger partial charge in [-0.3, -0.25) is 4.79 Å². The summed E-state index contributed by atoms with van der Waals surface area (Å²) in [5.41, 5.74) is 3.91. The highest BCUT2D eigenvalue weighted by Gasteiger charge is 2.30. The third-order valence-electron chi connectivity index (χ3n) is 4.95. The van der Waals surface area contributed by atoms with Crippen LogP contribution in [0.2, 0.25) is 10.0 Å². The van der Waals surface area contributed by atoms with Crippen LogP contribution in [0.4, 0.5) is 0 Å². The summed E-state index contributed by atoms with van der Waals surface area (Å²) in [5.74, 6) is 0.220. The summed E-state index contributed by atoms with van der Waals surface area (Å²) in [6.45, 7) is 0. The predicted molar refractivity (Wildman–Crippen MR) is 113 cm³/mol. The van der Waals surface area contributed by atoms with Gasteiger partial charge in [0, 0.05) is 33.2 Å². The van der Waals surface area contributed by atoms with Crippen molar-refractivity contribution in [3.05, 3.63) is 92.5 Å². The third kappa shape index (κ3) is 3.46. The number of phenols is 2. The molecule has 4 rings (SSSR count). The van der Waals surface area contributed by atoms with E-state index in [1.807, 2.05) is 0 Å². The van der Waals surface area contributed by atoms with Crippen molar-refractivity contribution in [3.8, 4) is 17.2 Å². The van der Waals surface area contributed by atoms with Crippen LogP contribution >= 0.6 is 23.2 Å². The lowest BCUT2D eigenvalue weighted by molar-refractivity contribution is 0.103. The lowest BCUT2D eigenvalue weighted by atomic mass is 9.93. The Labute approximate surface area is 177 Å². The van der Waals surface area contributed by atoms with E-state index in [1.165, 1.54) is 19.2 Å². The van der Waals surface area contributed by atoms with Crippen LogP contribution in [0.15, 0.2) is 60.2 Å². The molecular weight excluding hydrogens is 411 g/mol. The average molecular weight is 427 g/mol. The molecule has 4 nitrogen and oxygen atoms in total. The molecule has 0 unspecified atom stereocenters. The number of halogens is 2. The number of ether oxygens (including phenoxy) is 1. The molecule has 0 saturated carbocycles. The number of methoxy groups -OCH3 is 1. The van der Waals surface area contributed by atoms with Gasteiger partial charge in [0.15, 0.2) is 17.3 Å². The van der Waals surface area contributed by atoms with Crippen LogP contribution in [0.25, 0.3) is 5.57 Å². The zero-order valence-corrected chi connectivity index (χ0v) is 16.9. The number of aromatic hydroxyl groups is 2. The number of Topliss-reactive ketones (excluding diaryl/α,β-unsaturated/α-hetero) is 1. The zero-order chi connectivity index (χ0) is 20.7. The molecule has 29 heavy (non-hydrogen) atoms. The molecule has 2 N–H and O–H groups in total. The third-order valence-corrected chi connectivity index (χ3v) is 5.49. The van der Waals surface area contributed by atoms with E-state index in [0.29, 0.717) is 44.5 Å². The monoisotopic (exact) mass is 426 g/mol. The Balaban J connectivity index is 1.95. The smallest absolute Gasteiger partial charge is 0.189 e. The molecule has 1 aliphatic carbocycles. The van der Waals surface area contributed by atoms with Gasteiger partial charge in [0.1, 0.15) is 5.75 Å². The van der Waals surface area contributed by atoms with Crippen molar-refractivity contribution in [3.63, 3.8) is 0 Å². The molecule has 0 bridgehead atoms. The number of benzene rings is 3. The summed E-state index contributed by atoms with van der Waals surface area (Å²) in [6, 6.07) is 14.5. The predicted octanol–water partition coefficient (Wildman–Crippen LogP) is 5.65. The van der Waals surface area contributed by atoms with Crippen LogP contribution < -0.4 is 4.74 Å². The molecular formula is C23H16Cl2O4. The first-order valence-corrected chi connectivity index (χ1v) is 9.57. The van der Waals surface area contributed by atoms with Gasteiger partial charge in [-0.1, -0.05) is 29.3 Å². The number of allylic oxidation sites excluding steroid dienone is 1. The van der Waals surface area contributed by atoms with Crippen LogP contribution in [0.5, 0.6) is 17.2 Å². The second-order valence-electron chi connectivity index (χ2n) is 6.71. The van der Waals surface area contributed by atoms with Crippen molar-refractivity contribution in [2.45, 2.75) is 6.42 Å². The molecule has 146 valence electrons. The number of hydrogen-bond acceptors (Lipinski definition) is 4.